The number of unbranched alkanes of at least 4 members (excludes halogenated alkanes) is 4. The van der Waals surface area contributed by atoms with Crippen molar-refractivity contribution >= 4 is 13.8 Å². The van der Waals surface area contributed by atoms with Crippen LogP contribution in [0.3, 0.4) is 0 Å². The Morgan fingerprint density at radius 1 is 0.565 bits per heavy atom. The molecule has 0 bridgehead atoms. The van der Waals surface area contributed by atoms with Gasteiger partial charge in [-0.3, -0.25) is 0 Å². The van der Waals surface area contributed by atoms with E-state index in [9.17, 15) is 0 Å². The average Bonchev–Trinajstić information content (AvgIpc) is 2.57. The number of ether oxygens (including phenoxy) is 2. The van der Waals surface area contributed by atoms with Crippen molar-refractivity contribution in [3.63, 3.8) is 0 Å². The smallest absolute Gasteiger partial charge is 0.276 e. The first kappa shape index (κ1) is 23.0. The maximum absolute atomic E-state index is 6.53. The topological polar surface area (TPSA) is 27.7 Å². The van der Waals surface area contributed by atoms with E-state index in [1.807, 2.05) is 0 Å². The number of rotatable bonds is 18. The fourth-order valence-corrected chi connectivity index (χ4v) is 2.93. The van der Waals surface area contributed by atoms with Crippen molar-refractivity contribution in [3.05, 3.63) is 0 Å². The molecule has 23 heavy (non-hydrogen) atoms. The zero-order valence-corrected chi connectivity index (χ0v) is 16.3. The lowest BCUT2D eigenvalue weighted by molar-refractivity contribution is 0.194. The first-order valence-electron chi connectivity index (χ1n) is 9.91. The maximum Gasteiger partial charge on any atom is 0.276 e. The summed E-state index contributed by atoms with van der Waals surface area (Å²) < 4.78 is 16.9. The summed E-state index contributed by atoms with van der Waals surface area (Å²) in [6.45, 7) is 7.16. The van der Waals surface area contributed by atoms with Crippen molar-refractivity contribution in [2.75, 3.05) is 27.4 Å². The summed E-state index contributed by atoms with van der Waals surface area (Å²) in [4.78, 5) is 0. The molecule has 0 aromatic carbocycles. The third-order valence-electron chi connectivity index (χ3n) is 4.39. The molecule has 0 spiro atoms. The van der Waals surface area contributed by atoms with E-state index in [2.05, 4.69) is 13.8 Å². The van der Waals surface area contributed by atoms with Crippen LogP contribution in [0.5, 0.6) is 0 Å². The lowest BCUT2D eigenvalue weighted by Crippen LogP contribution is -2.29. The van der Waals surface area contributed by atoms with Gasteiger partial charge in [-0.1, -0.05) is 52.4 Å². The van der Waals surface area contributed by atoms with E-state index in [-0.39, 0.29) is 0 Å². The normalized spacial score (nSPS) is 11.0. The molecule has 0 aromatic heterocycles. The van der Waals surface area contributed by atoms with E-state index < -0.39 is 0 Å². The Labute approximate surface area is 146 Å². The fraction of sp³-hybridized carbons (Fsp3) is 1.00. The molecule has 0 aliphatic rings. The summed E-state index contributed by atoms with van der Waals surface area (Å²) in [5.41, 5.74) is 0. The molecule has 0 aliphatic heterocycles. The average molecular weight is 326 g/mol. The quantitative estimate of drug-likeness (QED) is 0.248. The van der Waals surface area contributed by atoms with Gasteiger partial charge in [0.1, 0.15) is 0 Å². The fourth-order valence-electron chi connectivity index (χ4n) is 2.93. The minimum Gasteiger partial charge on any atom is -0.498 e. The Kier molecular flexibility index (Phi) is 18.4. The summed E-state index contributed by atoms with van der Waals surface area (Å²) >= 11 is 0. The van der Waals surface area contributed by atoms with Crippen molar-refractivity contribution in [2.24, 2.45) is 0 Å². The van der Waals surface area contributed by atoms with Gasteiger partial charge < -0.3 is 14.0 Å². The third kappa shape index (κ3) is 15.3. The molecule has 0 rings (SSSR count). The van der Waals surface area contributed by atoms with Crippen molar-refractivity contribution in [2.45, 2.75) is 90.5 Å². The van der Waals surface area contributed by atoms with Crippen molar-refractivity contribution in [1.82, 2.24) is 0 Å². The lowest BCUT2D eigenvalue weighted by Gasteiger charge is -2.21. The van der Waals surface area contributed by atoms with E-state index >= 15 is 0 Å². The highest BCUT2D eigenvalue weighted by Crippen LogP contribution is 2.18. The lowest BCUT2D eigenvalue weighted by atomic mass is 9.51. The largest absolute Gasteiger partial charge is 0.498 e. The van der Waals surface area contributed by atoms with Crippen molar-refractivity contribution in [1.29, 1.82) is 0 Å². The van der Waals surface area contributed by atoms with Gasteiger partial charge >= 0.3 is 0 Å². The van der Waals surface area contributed by atoms with Gasteiger partial charge in [0.2, 0.25) is 0 Å². The molecule has 5 heteroatoms. The van der Waals surface area contributed by atoms with Crippen LogP contribution >= 0.6 is 0 Å². The van der Waals surface area contributed by atoms with Crippen LogP contribution in [0.15, 0.2) is 0 Å². The van der Waals surface area contributed by atoms with E-state index in [4.69, 9.17) is 14.0 Å². The first-order valence-corrected chi connectivity index (χ1v) is 9.91. The molecule has 0 aliphatic carbocycles. The SMILES string of the molecule is CCCCB(CCCCOC)OB(CCCC)CCCCOC. The second-order valence-corrected chi connectivity index (χ2v) is 6.64. The molecule has 0 saturated carbocycles. The van der Waals surface area contributed by atoms with Crippen LogP contribution in [0.4, 0.5) is 0 Å². The van der Waals surface area contributed by atoms with Gasteiger partial charge in [-0.15, -0.1) is 0 Å². The van der Waals surface area contributed by atoms with Crippen LogP contribution in [0.1, 0.15) is 65.2 Å². The summed E-state index contributed by atoms with van der Waals surface area (Å²) in [6.07, 6.45) is 14.6. The van der Waals surface area contributed by atoms with E-state index in [1.165, 1.54) is 63.8 Å². The zero-order valence-electron chi connectivity index (χ0n) is 16.3. The van der Waals surface area contributed by atoms with Crippen LogP contribution in [-0.2, 0) is 14.0 Å². The van der Waals surface area contributed by atoms with Crippen molar-refractivity contribution < 1.29 is 14.0 Å². The second kappa shape index (κ2) is 18.3. The Morgan fingerprint density at radius 3 is 1.30 bits per heavy atom. The van der Waals surface area contributed by atoms with Gasteiger partial charge in [0.15, 0.2) is 0 Å². The van der Waals surface area contributed by atoms with Gasteiger partial charge in [-0.25, -0.2) is 0 Å². The predicted octanol–water partition coefficient (Wildman–Crippen LogP) is 5.44. The van der Waals surface area contributed by atoms with Crippen LogP contribution < -0.4 is 0 Å². The highest BCUT2D eigenvalue weighted by Gasteiger charge is 2.22. The number of hydrogen-bond donors (Lipinski definition) is 0. The summed E-state index contributed by atoms with van der Waals surface area (Å²) in [7, 11) is 3.57. The van der Waals surface area contributed by atoms with Crippen molar-refractivity contribution in [3.8, 4) is 0 Å². The van der Waals surface area contributed by atoms with Crippen LogP contribution in [0.25, 0.3) is 0 Å². The molecule has 0 fully saturated rings. The Balaban J connectivity index is 4.23. The molecular formula is C18H40B2O3. The zero-order chi connectivity index (χ0) is 17.2. The Morgan fingerprint density at radius 2 is 0.957 bits per heavy atom. The number of hydrogen-bond acceptors (Lipinski definition) is 3. The summed E-state index contributed by atoms with van der Waals surface area (Å²) in [6, 6.07) is 0. The monoisotopic (exact) mass is 326 g/mol. The summed E-state index contributed by atoms with van der Waals surface area (Å²) in [5.74, 6) is 0. The molecule has 0 unspecified atom stereocenters. The minimum absolute atomic E-state index is 0.441. The van der Waals surface area contributed by atoms with E-state index in [0.717, 1.165) is 26.1 Å². The van der Waals surface area contributed by atoms with Gasteiger partial charge in [0.05, 0.1) is 0 Å². The Hall–Kier alpha value is 0.00987. The molecule has 3 nitrogen and oxygen atoms in total. The Bertz CT molecular complexity index is 208. The van der Waals surface area contributed by atoms with Crippen LogP contribution in [0.2, 0.25) is 25.3 Å². The van der Waals surface area contributed by atoms with Gasteiger partial charge in [0, 0.05) is 27.4 Å². The predicted molar refractivity (Wildman–Crippen MR) is 104 cm³/mol. The molecule has 0 radical (unpaired) electrons. The molecule has 0 atom stereocenters. The first-order chi connectivity index (χ1) is 11.3. The molecule has 0 saturated heterocycles. The van der Waals surface area contributed by atoms with Gasteiger partial charge in [0.25, 0.3) is 13.8 Å². The molecule has 0 heterocycles. The van der Waals surface area contributed by atoms with E-state index in [0.29, 0.717) is 13.8 Å². The molecular weight excluding hydrogens is 286 g/mol. The highest BCUT2D eigenvalue weighted by molar-refractivity contribution is 6.66. The molecule has 0 amide bonds. The summed E-state index contributed by atoms with van der Waals surface area (Å²) in [5, 5.41) is 0. The van der Waals surface area contributed by atoms with Gasteiger partial charge in [-0.05, 0) is 38.1 Å². The van der Waals surface area contributed by atoms with E-state index in [1.54, 1.807) is 14.2 Å². The molecule has 0 aromatic rings. The van der Waals surface area contributed by atoms with Crippen LogP contribution in [-0.4, -0.2) is 41.3 Å². The van der Waals surface area contributed by atoms with Gasteiger partial charge in [-0.2, -0.15) is 0 Å². The standard InChI is InChI=1S/C18H40B2O3/c1-5-7-13-19(15-9-11-17-21-3)23-20(14-8-6-2)16-10-12-18-22-4/h5-18H2,1-4H3. The van der Waals surface area contributed by atoms with Crippen LogP contribution in [0, 0.1) is 0 Å². The highest BCUT2D eigenvalue weighted by atomic mass is 16.5. The maximum atomic E-state index is 6.53. The second-order valence-electron chi connectivity index (χ2n) is 6.64. The third-order valence-corrected chi connectivity index (χ3v) is 4.39. The minimum atomic E-state index is 0.441. The number of methoxy groups -OCH3 is 2. The molecule has 136 valence electrons. The molecule has 0 N–H and O–H groups in total.